The predicted octanol–water partition coefficient (Wildman–Crippen LogP) is 6.09. The van der Waals surface area contributed by atoms with Gasteiger partial charge in [-0.15, -0.1) is 0 Å². The Morgan fingerprint density at radius 1 is 0.875 bits per heavy atom. The Labute approximate surface area is 235 Å². The highest BCUT2D eigenvalue weighted by Crippen LogP contribution is 2.33. The molecule has 8 nitrogen and oxygen atoms in total. The van der Waals surface area contributed by atoms with Gasteiger partial charge in [-0.1, -0.05) is 73.1 Å². The van der Waals surface area contributed by atoms with Crippen molar-refractivity contribution < 1.29 is 23.9 Å². The number of rotatable bonds is 8. The summed E-state index contributed by atoms with van der Waals surface area (Å²) in [6.45, 7) is 2.06. The molecule has 0 aromatic heterocycles. The average molecular weight is 554 g/mol. The number of carbonyl (C=O) groups is 4. The molecule has 1 aliphatic rings. The van der Waals surface area contributed by atoms with E-state index in [0.29, 0.717) is 23.4 Å². The first-order valence-corrected chi connectivity index (χ1v) is 13.0. The highest BCUT2D eigenvalue weighted by Gasteiger charge is 2.40. The monoisotopic (exact) mass is 553 g/mol. The van der Waals surface area contributed by atoms with Crippen LogP contribution in [-0.2, 0) is 14.3 Å². The van der Waals surface area contributed by atoms with Crippen molar-refractivity contribution in [2.75, 3.05) is 22.1 Å². The number of para-hydroxylation sites is 1. The highest BCUT2D eigenvalue weighted by molar-refractivity contribution is 6.53. The van der Waals surface area contributed by atoms with Crippen LogP contribution in [0.3, 0.4) is 0 Å². The number of ether oxygens (including phenoxy) is 1. The molecule has 9 heteroatoms. The fourth-order valence-corrected chi connectivity index (χ4v) is 4.57. The van der Waals surface area contributed by atoms with Crippen LogP contribution in [0.1, 0.15) is 34.1 Å². The number of esters is 1. The number of nitrogens with one attached hydrogen (secondary N) is 2. The summed E-state index contributed by atoms with van der Waals surface area (Å²) in [5, 5.41) is 7.36. The number of hydrogen-bond acceptors (Lipinski definition) is 6. The fraction of sp³-hybridized carbons (Fsp3) is 0.0968. The Hall–Kier alpha value is -4.95. The van der Waals surface area contributed by atoms with Crippen LogP contribution >= 0.6 is 11.6 Å². The third kappa shape index (κ3) is 5.17. The van der Waals surface area contributed by atoms with Crippen LogP contribution in [0.2, 0.25) is 0 Å². The van der Waals surface area contributed by atoms with Crippen LogP contribution in [0.5, 0.6) is 0 Å². The number of fused-ring (bicyclic) bond motifs is 1. The molecule has 0 atom stereocenters. The normalized spacial score (nSPS) is 13.1. The zero-order valence-electron chi connectivity index (χ0n) is 21.4. The Bertz CT molecular complexity index is 1690. The standard InChI is InChI=1S/C31H24ClN3O5/c1-2-17-40-31(39)23-14-5-6-16-25(23)35-29(37)26(32)27(30(35)38)33-21-12-7-11-20(18-21)28(36)34-24-15-8-10-19-9-3-4-13-22(19)24/h3-16,18,33H,2,17H2,1H3,(H,34,36). The molecule has 5 rings (SSSR count). The average Bonchev–Trinajstić information content (AvgIpc) is 3.18. The van der Waals surface area contributed by atoms with Crippen molar-refractivity contribution in [3.8, 4) is 0 Å². The van der Waals surface area contributed by atoms with Crippen molar-refractivity contribution in [3.63, 3.8) is 0 Å². The van der Waals surface area contributed by atoms with Gasteiger partial charge in [-0.3, -0.25) is 14.4 Å². The van der Waals surface area contributed by atoms with Crippen molar-refractivity contribution in [2.24, 2.45) is 0 Å². The number of amides is 3. The van der Waals surface area contributed by atoms with Crippen molar-refractivity contribution >= 4 is 63.1 Å². The van der Waals surface area contributed by atoms with Gasteiger partial charge in [-0.25, -0.2) is 9.69 Å². The van der Waals surface area contributed by atoms with E-state index in [9.17, 15) is 19.2 Å². The number of nitrogens with zero attached hydrogens (tertiary/aromatic N) is 1. The first kappa shape index (κ1) is 26.6. The fourth-order valence-electron chi connectivity index (χ4n) is 4.36. The highest BCUT2D eigenvalue weighted by atomic mass is 35.5. The number of halogens is 1. The molecule has 1 aliphatic heterocycles. The van der Waals surface area contributed by atoms with Gasteiger partial charge in [0, 0.05) is 22.3 Å². The first-order chi connectivity index (χ1) is 19.4. The van der Waals surface area contributed by atoms with Crippen molar-refractivity contribution in [2.45, 2.75) is 13.3 Å². The van der Waals surface area contributed by atoms with E-state index in [2.05, 4.69) is 10.6 Å². The number of benzene rings is 4. The van der Waals surface area contributed by atoms with E-state index in [1.807, 2.05) is 49.4 Å². The van der Waals surface area contributed by atoms with E-state index in [0.717, 1.165) is 15.7 Å². The van der Waals surface area contributed by atoms with Crippen LogP contribution in [0.25, 0.3) is 10.8 Å². The Morgan fingerprint density at radius 3 is 2.42 bits per heavy atom. The SMILES string of the molecule is CCCOC(=O)c1ccccc1N1C(=O)C(Cl)=C(Nc2cccc(C(=O)Nc3cccc4ccccc34)c2)C1=O. The topological polar surface area (TPSA) is 105 Å². The largest absolute Gasteiger partial charge is 0.462 e. The van der Waals surface area contributed by atoms with E-state index in [4.69, 9.17) is 16.3 Å². The summed E-state index contributed by atoms with van der Waals surface area (Å²) in [5.41, 5.74) is 1.32. The maximum absolute atomic E-state index is 13.4. The molecule has 0 saturated carbocycles. The quantitative estimate of drug-likeness (QED) is 0.202. The Balaban J connectivity index is 1.37. The van der Waals surface area contributed by atoms with Crippen LogP contribution < -0.4 is 15.5 Å². The summed E-state index contributed by atoms with van der Waals surface area (Å²) in [6, 6.07) is 26.0. The van der Waals surface area contributed by atoms with Gasteiger partial charge in [0.2, 0.25) is 0 Å². The van der Waals surface area contributed by atoms with Crippen LogP contribution in [0.15, 0.2) is 102 Å². The second-order valence-electron chi connectivity index (χ2n) is 8.97. The first-order valence-electron chi connectivity index (χ1n) is 12.6. The van der Waals surface area contributed by atoms with E-state index in [1.54, 1.807) is 36.4 Å². The molecular formula is C31H24ClN3O5. The van der Waals surface area contributed by atoms with Gasteiger partial charge >= 0.3 is 5.97 Å². The van der Waals surface area contributed by atoms with Crippen molar-refractivity contribution in [1.29, 1.82) is 0 Å². The molecule has 0 aliphatic carbocycles. The zero-order valence-corrected chi connectivity index (χ0v) is 22.2. The maximum Gasteiger partial charge on any atom is 0.340 e. The van der Waals surface area contributed by atoms with Crippen molar-refractivity contribution in [1.82, 2.24) is 0 Å². The van der Waals surface area contributed by atoms with Gasteiger partial charge < -0.3 is 15.4 Å². The third-order valence-corrected chi connectivity index (χ3v) is 6.61. The summed E-state index contributed by atoms with van der Waals surface area (Å²) in [5.74, 6) is -2.53. The van der Waals surface area contributed by atoms with Gasteiger partial charge in [-0.05, 0) is 48.2 Å². The molecule has 0 fully saturated rings. The summed E-state index contributed by atoms with van der Waals surface area (Å²) in [6.07, 6.45) is 0.621. The lowest BCUT2D eigenvalue weighted by atomic mass is 10.1. The van der Waals surface area contributed by atoms with Crippen LogP contribution in [0, 0.1) is 0 Å². The second-order valence-corrected chi connectivity index (χ2v) is 9.35. The molecule has 0 saturated heterocycles. The molecule has 4 aromatic carbocycles. The number of anilines is 3. The minimum atomic E-state index is -0.783. The zero-order chi connectivity index (χ0) is 28.2. The molecule has 0 unspecified atom stereocenters. The lowest BCUT2D eigenvalue weighted by molar-refractivity contribution is -0.120. The minimum Gasteiger partial charge on any atom is -0.462 e. The van der Waals surface area contributed by atoms with E-state index in [-0.39, 0.29) is 34.5 Å². The van der Waals surface area contributed by atoms with E-state index < -0.39 is 17.8 Å². The molecule has 2 N–H and O–H groups in total. The third-order valence-electron chi connectivity index (χ3n) is 6.26. The molecule has 40 heavy (non-hydrogen) atoms. The minimum absolute atomic E-state index is 0.0653. The summed E-state index contributed by atoms with van der Waals surface area (Å²) >= 11 is 6.31. The molecular weight excluding hydrogens is 530 g/mol. The molecule has 0 radical (unpaired) electrons. The number of hydrogen-bond donors (Lipinski definition) is 2. The van der Waals surface area contributed by atoms with E-state index >= 15 is 0 Å². The second kappa shape index (κ2) is 11.4. The molecule has 4 aromatic rings. The Kier molecular flexibility index (Phi) is 7.61. The van der Waals surface area contributed by atoms with Crippen LogP contribution in [-0.4, -0.2) is 30.3 Å². The summed E-state index contributed by atoms with van der Waals surface area (Å²) in [7, 11) is 0. The summed E-state index contributed by atoms with van der Waals surface area (Å²) in [4.78, 5) is 52.9. The lowest BCUT2D eigenvalue weighted by Crippen LogP contribution is -2.33. The maximum atomic E-state index is 13.4. The molecule has 3 amide bonds. The lowest BCUT2D eigenvalue weighted by Gasteiger charge is -2.18. The van der Waals surface area contributed by atoms with Gasteiger partial charge in [0.25, 0.3) is 17.7 Å². The smallest absolute Gasteiger partial charge is 0.340 e. The summed E-state index contributed by atoms with van der Waals surface area (Å²) < 4.78 is 5.21. The predicted molar refractivity (Wildman–Crippen MR) is 154 cm³/mol. The molecule has 0 spiro atoms. The van der Waals surface area contributed by atoms with Gasteiger partial charge in [0.15, 0.2) is 0 Å². The number of imide groups is 1. The molecule has 1 heterocycles. The van der Waals surface area contributed by atoms with Gasteiger partial charge in [0.1, 0.15) is 10.7 Å². The molecule has 0 bridgehead atoms. The van der Waals surface area contributed by atoms with Crippen molar-refractivity contribution in [3.05, 3.63) is 113 Å². The number of carbonyl (C=O) groups excluding carboxylic acids is 4. The van der Waals surface area contributed by atoms with Gasteiger partial charge in [-0.2, -0.15) is 0 Å². The Morgan fingerprint density at radius 2 is 1.60 bits per heavy atom. The van der Waals surface area contributed by atoms with Crippen LogP contribution in [0.4, 0.5) is 17.1 Å². The molecule has 200 valence electrons. The van der Waals surface area contributed by atoms with E-state index in [1.165, 1.54) is 12.1 Å². The van der Waals surface area contributed by atoms with Gasteiger partial charge in [0.05, 0.1) is 17.9 Å².